The molecule has 0 spiro atoms. The van der Waals surface area contributed by atoms with Crippen molar-refractivity contribution >= 4 is 13.8 Å². The van der Waals surface area contributed by atoms with Crippen LogP contribution in [0.1, 0.15) is 12.8 Å². The van der Waals surface area contributed by atoms with Crippen molar-refractivity contribution in [3.05, 3.63) is 0 Å². The molecule has 1 amide bonds. The first-order valence-electron chi connectivity index (χ1n) is 4.08. The molecule has 0 aromatic rings. The molecule has 2 radical (unpaired) electrons. The number of carbonyl (C=O) groups is 1. The van der Waals surface area contributed by atoms with Gasteiger partial charge in [0.05, 0.1) is 12.1 Å². The van der Waals surface area contributed by atoms with Gasteiger partial charge < -0.3 is 5.11 Å². The zero-order chi connectivity index (χ0) is 8.72. The van der Waals surface area contributed by atoms with Crippen LogP contribution in [0, 0.1) is 5.92 Å². The minimum absolute atomic E-state index is 0.0122. The summed E-state index contributed by atoms with van der Waals surface area (Å²) in [7, 11) is 5.15. The van der Waals surface area contributed by atoms with Crippen LogP contribution in [-0.4, -0.2) is 42.6 Å². The predicted octanol–water partition coefficient (Wildman–Crippen LogP) is -0.974. The van der Waals surface area contributed by atoms with Gasteiger partial charge in [-0.15, -0.1) is 0 Å². The number of hydroxylamine groups is 2. The van der Waals surface area contributed by atoms with E-state index in [-0.39, 0.29) is 24.4 Å². The lowest BCUT2D eigenvalue weighted by molar-refractivity contribution is -0.198. The molecule has 2 aliphatic rings. The van der Waals surface area contributed by atoms with Gasteiger partial charge in [0.15, 0.2) is 0 Å². The number of amides is 1. The third-order valence-electron chi connectivity index (χ3n) is 2.58. The highest BCUT2D eigenvalue weighted by Crippen LogP contribution is 2.38. The largest absolute Gasteiger partial charge is 0.391 e. The van der Waals surface area contributed by atoms with Crippen molar-refractivity contribution in [1.82, 2.24) is 5.06 Å². The lowest BCUT2D eigenvalue weighted by atomic mass is 10.1. The number of piperidine rings is 1. The molecule has 1 aliphatic carbocycles. The summed E-state index contributed by atoms with van der Waals surface area (Å²) in [5.41, 5.74) is 0. The highest BCUT2D eigenvalue weighted by atomic mass is 16.7. The van der Waals surface area contributed by atoms with Crippen LogP contribution in [0.3, 0.4) is 0 Å². The van der Waals surface area contributed by atoms with Gasteiger partial charge in [-0.1, -0.05) is 0 Å². The van der Waals surface area contributed by atoms with Gasteiger partial charge in [0.2, 0.25) is 5.91 Å². The highest BCUT2D eigenvalue weighted by Gasteiger charge is 2.50. The van der Waals surface area contributed by atoms with E-state index < -0.39 is 6.10 Å². The van der Waals surface area contributed by atoms with Crippen molar-refractivity contribution in [3.63, 3.8) is 0 Å². The van der Waals surface area contributed by atoms with Crippen LogP contribution in [0.5, 0.6) is 0 Å². The number of aliphatic hydroxyl groups is 1. The summed E-state index contributed by atoms with van der Waals surface area (Å²) in [6.45, 7) is -0.0122. The van der Waals surface area contributed by atoms with Gasteiger partial charge in [0, 0.05) is 12.4 Å². The number of nitrogens with zero attached hydrogens (tertiary/aromatic N) is 1. The van der Waals surface area contributed by atoms with Gasteiger partial charge in [-0.05, 0) is 12.8 Å². The second kappa shape index (κ2) is 2.74. The Labute approximate surface area is 71.9 Å². The molecule has 64 valence electrons. The minimum Gasteiger partial charge on any atom is -0.391 e. The Balaban J connectivity index is 2.10. The molecule has 2 fully saturated rings. The zero-order valence-corrected chi connectivity index (χ0v) is 6.64. The van der Waals surface area contributed by atoms with E-state index in [0.29, 0.717) is 12.8 Å². The molecule has 2 bridgehead atoms. The van der Waals surface area contributed by atoms with Crippen molar-refractivity contribution in [2.24, 2.45) is 5.92 Å². The molecule has 4 nitrogen and oxygen atoms in total. The molecule has 0 aromatic carbocycles. The van der Waals surface area contributed by atoms with Gasteiger partial charge in [0.25, 0.3) is 0 Å². The zero-order valence-electron chi connectivity index (χ0n) is 6.64. The van der Waals surface area contributed by atoms with Crippen molar-refractivity contribution in [3.8, 4) is 0 Å². The average molecular weight is 167 g/mol. The molecule has 1 N–H and O–H groups in total. The molecular weight excluding hydrogens is 157 g/mol. The van der Waals surface area contributed by atoms with Gasteiger partial charge in [0.1, 0.15) is 7.85 Å². The topological polar surface area (TPSA) is 49.8 Å². The Hall–Kier alpha value is -0.545. The number of aliphatic hydroxyl groups excluding tert-OH is 1. The number of hydrogen-bond acceptors (Lipinski definition) is 3. The molecule has 1 heterocycles. The van der Waals surface area contributed by atoms with E-state index >= 15 is 0 Å². The summed E-state index contributed by atoms with van der Waals surface area (Å²) >= 11 is 0. The quantitative estimate of drug-likeness (QED) is 0.538. The molecule has 12 heavy (non-hydrogen) atoms. The van der Waals surface area contributed by atoms with E-state index in [1.54, 1.807) is 0 Å². The third kappa shape index (κ3) is 0.966. The SMILES string of the molecule is [B]CON1C(=O)[C@H]2C[C@H](O)[C@@H]1C2. The first-order valence-corrected chi connectivity index (χ1v) is 4.08. The lowest BCUT2D eigenvalue weighted by Crippen LogP contribution is -2.44. The Morgan fingerprint density at radius 2 is 2.42 bits per heavy atom. The van der Waals surface area contributed by atoms with Crippen molar-refractivity contribution in [1.29, 1.82) is 0 Å². The molecule has 0 aromatic heterocycles. The summed E-state index contributed by atoms with van der Waals surface area (Å²) in [5.74, 6) is -0.0766. The Kier molecular flexibility index (Phi) is 1.85. The maximum absolute atomic E-state index is 11.3. The van der Waals surface area contributed by atoms with Crippen LogP contribution in [0.15, 0.2) is 0 Å². The molecule has 1 saturated carbocycles. The fraction of sp³-hybridized carbons (Fsp3) is 0.857. The number of carbonyl (C=O) groups excluding carboxylic acids is 1. The monoisotopic (exact) mass is 167 g/mol. The Bertz CT molecular complexity index is 211. The van der Waals surface area contributed by atoms with Crippen LogP contribution >= 0.6 is 0 Å². The Morgan fingerprint density at radius 1 is 1.67 bits per heavy atom. The maximum Gasteiger partial charge on any atom is 0.249 e. The van der Waals surface area contributed by atoms with Crippen molar-refractivity contribution in [2.45, 2.75) is 25.0 Å². The first-order chi connectivity index (χ1) is 5.74. The second-order valence-electron chi connectivity index (χ2n) is 3.26. The van der Waals surface area contributed by atoms with E-state index in [4.69, 9.17) is 12.7 Å². The number of rotatable bonds is 2. The van der Waals surface area contributed by atoms with Crippen molar-refractivity contribution < 1.29 is 14.7 Å². The first kappa shape index (κ1) is 8.07. The van der Waals surface area contributed by atoms with E-state index in [0.717, 1.165) is 0 Å². The summed E-state index contributed by atoms with van der Waals surface area (Å²) in [4.78, 5) is 16.3. The molecule has 5 heteroatoms. The highest BCUT2D eigenvalue weighted by molar-refractivity contribution is 6.08. The predicted molar refractivity (Wildman–Crippen MR) is 41.1 cm³/mol. The van der Waals surface area contributed by atoms with E-state index in [9.17, 15) is 9.90 Å². The van der Waals surface area contributed by atoms with Gasteiger partial charge >= 0.3 is 0 Å². The van der Waals surface area contributed by atoms with Crippen LogP contribution < -0.4 is 0 Å². The maximum atomic E-state index is 11.3. The van der Waals surface area contributed by atoms with Crippen LogP contribution in [0.4, 0.5) is 0 Å². The summed E-state index contributed by atoms with van der Waals surface area (Å²) < 4.78 is 0. The van der Waals surface area contributed by atoms with Crippen LogP contribution in [0.25, 0.3) is 0 Å². The summed E-state index contributed by atoms with van der Waals surface area (Å²) in [5, 5.41) is 10.7. The molecule has 1 saturated heterocycles. The van der Waals surface area contributed by atoms with E-state index in [1.165, 1.54) is 5.06 Å². The Morgan fingerprint density at radius 3 is 3.00 bits per heavy atom. The van der Waals surface area contributed by atoms with E-state index in [2.05, 4.69) is 0 Å². The second-order valence-corrected chi connectivity index (χ2v) is 3.26. The minimum atomic E-state index is -0.431. The normalized spacial score (nSPS) is 39.6. The number of fused-ring (bicyclic) bond motifs is 2. The van der Waals surface area contributed by atoms with Gasteiger partial charge in [-0.25, -0.2) is 5.06 Å². The van der Waals surface area contributed by atoms with Crippen LogP contribution in [0.2, 0.25) is 0 Å². The van der Waals surface area contributed by atoms with Gasteiger partial charge in [-0.3, -0.25) is 9.63 Å². The lowest BCUT2D eigenvalue weighted by Gasteiger charge is -2.28. The fourth-order valence-electron chi connectivity index (χ4n) is 2.03. The average Bonchev–Trinajstić information content (AvgIpc) is 2.52. The molecule has 0 unspecified atom stereocenters. The fourth-order valence-corrected chi connectivity index (χ4v) is 2.03. The van der Waals surface area contributed by atoms with Gasteiger partial charge in [-0.2, -0.15) is 0 Å². The molecular formula is C7H10BNO3. The molecule has 1 aliphatic heterocycles. The number of hydrogen-bond donors (Lipinski definition) is 1. The smallest absolute Gasteiger partial charge is 0.249 e. The van der Waals surface area contributed by atoms with Crippen molar-refractivity contribution in [2.75, 3.05) is 6.51 Å². The standard InChI is InChI=1S/C7H10BNO3/c8-3-12-9-5-1-4(7(9)11)2-6(5)10/h4-6,10H,1-3H2/t4-,5+,6+/m1/s1. The molecule has 2 rings (SSSR count). The molecule has 3 atom stereocenters. The summed E-state index contributed by atoms with van der Waals surface area (Å²) in [6.07, 6.45) is 0.854. The third-order valence-corrected chi connectivity index (χ3v) is 2.58. The van der Waals surface area contributed by atoms with E-state index in [1.807, 2.05) is 0 Å². The summed E-state index contributed by atoms with van der Waals surface area (Å²) in [6, 6.07) is -0.161. The van der Waals surface area contributed by atoms with Crippen LogP contribution in [-0.2, 0) is 9.63 Å².